The van der Waals surface area contributed by atoms with Crippen LogP contribution in [0.15, 0.2) is 61.0 Å². The molecule has 2 aromatic carbocycles. The molecule has 1 saturated heterocycles. The zero-order valence-corrected chi connectivity index (χ0v) is 17.1. The topological polar surface area (TPSA) is 111 Å². The molecule has 0 amide bonds. The smallest absolute Gasteiger partial charge is 0.419 e. The minimum Gasteiger partial charge on any atom is -0.423 e. The van der Waals surface area contributed by atoms with Crippen LogP contribution in [0.25, 0.3) is 22.2 Å². The van der Waals surface area contributed by atoms with Crippen LogP contribution in [0, 0.1) is 0 Å². The molecule has 1 aliphatic rings. The lowest BCUT2D eigenvalue weighted by Gasteiger charge is -2.23. The molecule has 1 aliphatic heterocycles. The summed E-state index contributed by atoms with van der Waals surface area (Å²) in [5.41, 5.74) is 2.26. The predicted octanol–water partition coefficient (Wildman–Crippen LogP) is 2.22. The van der Waals surface area contributed by atoms with E-state index in [0.717, 1.165) is 24.9 Å². The lowest BCUT2D eigenvalue weighted by Crippen LogP contribution is -2.40. The zero-order valence-electron chi connectivity index (χ0n) is 16.2. The average molecular weight is 428 g/mol. The summed E-state index contributed by atoms with van der Waals surface area (Å²) in [6.07, 6.45) is 1.75. The van der Waals surface area contributed by atoms with Crippen molar-refractivity contribution in [1.29, 1.82) is 0 Å². The van der Waals surface area contributed by atoms with Gasteiger partial charge in [-0.15, -0.1) is 0 Å². The number of para-hydroxylation sites is 2. The molecule has 4 aromatic rings. The SMILES string of the molecule is Cn1c(=O)oc2ccc(S(=O)(=O)NCC3CCCN3c3nc4ccccc4o3)cc21. The van der Waals surface area contributed by atoms with Crippen LogP contribution in [-0.4, -0.2) is 37.1 Å². The van der Waals surface area contributed by atoms with Gasteiger partial charge in [0.25, 0.3) is 6.01 Å². The van der Waals surface area contributed by atoms with Gasteiger partial charge in [0.05, 0.1) is 10.4 Å². The van der Waals surface area contributed by atoms with Gasteiger partial charge in [0.2, 0.25) is 10.0 Å². The van der Waals surface area contributed by atoms with E-state index in [9.17, 15) is 13.2 Å². The largest absolute Gasteiger partial charge is 0.423 e. The van der Waals surface area contributed by atoms with Crippen LogP contribution >= 0.6 is 0 Å². The van der Waals surface area contributed by atoms with Gasteiger partial charge in [0, 0.05) is 26.2 Å². The molecule has 0 spiro atoms. The lowest BCUT2D eigenvalue weighted by atomic mass is 10.2. The first-order valence-electron chi connectivity index (χ1n) is 9.64. The second-order valence-electron chi connectivity index (χ2n) is 7.36. The van der Waals surface area contributed by atoms with Crippen molar-refractivity contribution >= 4 is 38.2 Å². The Morgan fingerprint density at radius 1 is 1.17 bits per heavy atom. The highest BCUT2D eigenvalue weighted by molar-refractivity contribution is 7.89. The van der Waals surface area contributed by atoms with Gasteiger partial charge >= 0.3 is 5.76 Å². The number of hydrogen-bond donors (Lipinski definition) is 1. The van der Waals surface area contributed by atoms with E-state index in [1.807, 2.05) is 29.2 Å². The van der Waals surface area contributed by atoms with Crippen molar-refractivity contribution in [3.8, 4) is 0 Å². The molecule has 0 aliphatic carbocycles. The maximum atomic E-state index is 12.8. The highest BCUT2D eigenvalue weighted by Gasteiger charge is 2.30. The number of nitrogens with one attached hydrogen (secondary N) is 1. The summed E-state index contributed by atoms with van der Waals surface area (Å²) in [5.74, 6) is -0.535. The number of rotatable bonds is 5. The predicted molar refractivity (Wildman–Crippen MR) is 111 cm³/mol. The number of sulfonamides is 1. The van der Waals surface area contributed by atoms with Crippen LogP contribution < -0.4 is 15.4 Å². The van der Waals surface area contributed by atoms with Crippen LogP contribution in [0.4, 0.5) is 6.01 Å². The summed E-state index contributed by atoms with van der Waals surface area (Å²) in [4.78, 5) is 18.3. The van der Waals surface area contributed by atoms with Crippen molar-refractivity contribution < 1.29 is 17.3 Å². The second kappa shape index (κ2) is 6.99. The first-order valence-corrected chi connectivity index (χ1v) is 11.1. The minimum absolute atomic E-state index is 0.0603. The third kappa shape index (κ3) is 3.17. The average Bonchev–Trinajstić information content (AvgIpc) is 3.44. The maximum Gasteiger partial charge on any atom is 0.419 e. The van der Waals surface area contributed by atoms with Gasteiger partial charge in [-0.05, 0) is 43.2 Å². The van der Waals surface area contributed by atoms with Gasteiger partial charge < -0.3 is 13.7 Å². The Morgan fingerprint density at radius 3 is 2.83 bits per heavy atom. The number of aromatic nitrogens is 2. The molecule has 1 fully saturated rings. The number of benzene rings is 2. The van der Waals surface area contributed by atoms with Gasteiger partial charge in [0.15, 0.2) is 11.2 Å². The fourth-order valence-electron chi connectivity index (χ4n) is 3.85. The second-order valence-corrected chi connectivity index (χ2v) is 9.13. The number of oxazole rings is 2. The maximum absolute atomic E-state index is 12.8. The normalized spacial score (nSPS) is 17.4. The first kappa shape index (κ1) is 18.9. The van der Waals surface area contributed by atoms with E-state index in [1.54, 1.807) is 0 Å². The minimum atomic E-state index is -3.76. The Hall–Kier alpha value is -3.11. The van der Waals surface area contributed by atoms with Gasteiger partial charge in [-0.1, -0.05) is 12.1 Å². The van der Waals surface area contributed by atoms with Gasteiger partial charge in [-0.2, -0.15) is 4.98 Å². The van der Waals surface area contributed by atoms with Crippen LogP contribution in [-0.2, 0) is 17.1 Å². The zero-order chi connectivity index (χ0) is 20.9. The molecule has 1 atom stereocenters. The molecule has 1 N–H and O–H groups in total. The summed E-state index contributed by atoms with van der Waals surface area (Å²) in [6, 6.07) is 12.3. The van der Waals surface area contributed by atoms with Crippen LogP contribution in [0.5, 0.6) is 0 Å². The standard InChI is InChI=1S/C20H20N4O5S/c1-23-16-11-14(8-9-18(16)29-20(23)25)30(26,27)21-12-13-5-4-10-24(13)19-22-15-6-2-3-7-17(15)28-19/h2-3,6-9,11,13,21H,4-5,10,12H2,1H3. The van der Waals surface area contributed by atoms with Gasteiger partial charge in [-0.25, -0.2) is 17.9 Å². The Kier molecular flexibility index (Phi) is 4.40. The van der Waals surface area contributed by atoms with E-state index >= 15 is 0 Å². The van der Waals surface area contributed by atoms with Crippen molar-refractivity contribution in [2.45, 2.75) is 23.8 Å². The summed E-state index contributed by atoms with van der Waals surface area (Å²) >= 11 is 0. The van der Waals surface area contributed by atoms with E-state index in [1.165, 1.54) is 29.8 Å². The Balaban J connectivity index is 1.36. The molecule has 5 rings (SSSR count). The Morgan fingerprint density at radius 2 is 2.00 bits per heavy atom. The molecule has 0 radical (unpaired) electrons. The molecule has 1 unspecified atom stereocenters. The molecule has 156 valence electrons. The van der Waals surface area contributed by atoms with Gasteiger partial charge in [0.1, 0.15) is 5.52 Å². The van der Waals surface area contributed by atoms with Crippen LogP contribution in [0.1, 0.15) is 12.8 Å². The third-order valence-corrected chi connectivity index (χ3v) is 6.91. The quantitative estimate of drug-likeness (QED) is 0.519. The molecule has 30 heavy (non-hydrogen) atoms. The van der Waals surface area contributed by atoms with Crippen LogP contribution in [0.2, 0.25) is 0 Å². The molecular formula is C20H20N4O5S. The number of nitrogens with zero attached hydrogens (tertiary/aromatic N) is 3. The molecule has 10 heteroatoms. The first-order chi connectivity index (χ1) is 14.4. The van der Waals surface area contributed by atoms with Crippen molar-refractivity contribution in [2.24, 2.45) is 7.05 Å². The fourth-order valence-corrected chi connectivity index (χ4v) is 4.94. The highest BCUT2D eigenvalue weighted by Crippen LogP contribution is 2.28. The molecule has 3 heterocycles. The lowest BCUT2D eigenvalue weighted by molar-refractivity contribution is 0.528. The molecule has 9 nitrogen and oxygen atoms in total. The van der Waals surface area contributed by atoms with E-state index in [-0.39, 0.29) is 17.5 Å². The number of hydrogen-bond acceptors (Lipinski definition) is 7. The Bertz CT molecular complexity index is 1370. The van der Waals surface area contributed by atoms with E-state index in [2.05, 4.69) is 9.71 Å². The fraction of sp³-hybridized carbons (Fsp3) is 0.300. The van der Waals surface area contributed by atoms with Crippen LogP contribution in [0.3, 0.4) is 0 Å². The van der Waals surface area contributed by atoms with Crippen molar-refractivity contribution in [2.75, 3.05) is 18.0 Å². The third-order valence-electron chi connectivity index (χ3n) is 5.49. The number of fused-ring (bicyclic) bond motifs is 2. The van der Waals surface area contributed by atoms with Crippen molar-refractivity contribution in [3.05, 3.63) is 53.0 Å². The number of anilines is 1. The summed E-state index contributed by atoms with van der Waals surface area (Å²) in [7, 11) is -2.23. The molecule has 2 aromatic heterocycles. The summed E-state index contributed by atoms with van der Waals surface area (Å²) < 4.78 is 40.6. The van der Waals surface area contributed by atoms with E-state index in [4.69, 9.17) is 8.83 Å². The summed E-state index contributed by atoms with van der Waals surface area (Å²) in [5, 5.41) is 0. The molecule has 0 saturated carbocycles. The Labute approximate surface area is 172 Å². The van der Waals surface area contributed by atoms with Crippen molar-refractivity contribution in [1.82, 2.24) is 14.3 Å². The molecule has 0 bridgehead atoms. The van der Waals surface area contributed by atoms with Gasteiger partial charge in [-0.3, -0.25) is 4.57 Å². The monoisotopic (exact) mass is 428 g/mol. The number of aryl methyl sites for hydroxylation is 1. The van der Waals surface area contributed by atoms with E-state index in [0.29, 0.717) is 22.7 Å². The molecular weight excluding hydrogens is 408 g/mol. The highest BCUT2D eigenvalue weighted by atomic mass is 32.2. The summed E-state index contributed by atoms with van der Waals surface area (Å²) in [6.45, 7) is 0.978. The van der Waals surface area contributed by atoms with E-state index < -0.39 is 15.8 Å². The van der Waals surface area contributed by atoms with Crippen molar-refractivity contribution in [3.63, 3.8) is 0 Å².